The minimum Gasteiger partial charge on any atom is -0.480 e. The molecule has 4 N–H and O–H groups in total. The van der Waals surface area contributed by atoms with E-state index in [-0.39, 0.29) is 22.1 Å². The Labute approximate surface area is 250 Å². The van der Waals surface area contributed by atoms with Crippen LogP contribution in [0.5, 0.6) is 0 Å². The number of nitro benzene ring substituents is 1. The monoisotopic (exact) mass is 593 g/mol. The Hall–Kier alpha value is -3.75. The lowest BCUT2D eigenvalue weighted by molar-refractivity contribution is -0.385. The predicted octanol–water partition coefficient (Wildman–Crippen LogP) is 3.90. The standard InChI is InChI=1S/C32H39N3O8/c1-4-32(40)15-12-25-23-9-8-20-17-21(10-13-30(20,2)24(23)11-14-31(25,32)3)34-43-18-26(36)33-27(29(38)39)28(37)19-6-5-7-22(16-19)35(41)42/h1,5-7,16-17,23-25,27-28,37,40H,8-15,18H2,2-3H3,(H,33,36)(H,38,39)/b34-21-/t23-,24+,25+,27-,28-,30+,31+,32+/m1/s1. The van der Waals surface area contributed by atoms with E-state index in [1.54, 1.807) is 0 Å². The number of nitrogens with zero attached hydrogens (tertiary/aromatic N) is 2. The molecule has 3 fully saturated rings. The maximum Gasteiger partial charge on any atom is 0.329 e. The summed E-state index contributed by atoms with van der Waals surface area (Å²) < 4.78 is 0. The molecule has 1 aromatic carbocycles. The van der Waals surface area contributed by atoms with E-state index in [2.05, 4.69) is 36.3 Å². The van der Waals surface area contributed by atoms with Gasteiger partial charge in [-0.25, -0.2) is 4.79 Å². The van der Waals surface area contributed by atoms with Gasteiger partial charge >= 0.3 is 5.97 Å². The molecule has 5 rings (SSSR count). The van der Waals surface area contributed by atoms with Gasteiger partial charge in [0.1, 0.15) is 11.7 Å². The minimum absolute atomic E-state index is 0.0167. The number of amides is 1. The molecule has 8 atom stereocenters. The first-order chi connectivity index (χ1) is 20.3. The lowest BCUT2D eigenvalue weighted by Gasteiger charge is -2.58. The van der Waals surface area contributed by atoms with Gasteiger partial charge in [-0.05, 0) is 86.2 Å². The Bertz CT molecular complexity index is 1420. The van der Waals surface area contributed by atoms with Gasteiger partial charge in [-0.3, -0.25) is 14.9 Å². The summed E-state index contributed by atoms with van der Waals surface area (Å²) >= 11 is 0. The number of carbonyl (C=O) groups excluding carboxylic acids is 1. The number of nitro groups is 1. The SMILES string of the molecule is C#C[C@]1(O)CC[C@H]2[C@@H]3CCC4=C/C(=N\OCC(=O)N[C@@H](C(=O)O)[C@H](O)c5cccc([N+](=O)[O-])c5)CC[C@]4(C)[C@H]3CC[C@@]21C. The van der Waals surface area contributed by atoms with Crippen LogP contribution in [0.2, 0.25) is 0 Å². The quantitative estimate of drug-likeness (QED) is 0.200. The fraction of sp³-hybridized carbons (Fsp3) is 0.594. The second-order valence-corrected chi connectivity index (χ2v) is 13.0. The first kappa shape index (κ1) is 30.7. The van der Waals surface area contributed by atoms with Crippen LogP contribution in [0.1, 0.15) is 76.9 Å². The van der Waals surface area contributed by atoms with Gasteiger partial charge in [-0.15, -0.1) is 6.42 Å². The molecule has 4 aliphatic carbocycles. The largest absolute Gasteiger partial charge is 0.480 e. The average molecular weight is 594 g/mol. The molecule has 43 heavy (non-hydrogen) atoms. The van der Waals surface area contributed by atoms with E-state index in [0.717, 1.165) is 44.6 Å². The normalized spacial score (nSPS) is 35.3. The summed E-state index contributed by atoms with van der Waals surface area (Å²) in [5, 5.41) is 48.7. The Morgan fingerprint density at radius 3 is 2.65 bits per heavy atom. The summed E-state index contributed by atoms with van der Waals surface area (Å²) in [5.74, 6) is 1.85. The van der Waals surface area contributed by atoms with Crippen molar-refractivity contribution in [3.8, 4) is 12.3 Å². The molecule has 0 bridgehead atoms. The van der Waals surface area contributed by atoms with E-state index < -0.39 is 41.2 Å². The van der Waals surface area contributed by atoms with Gasteiger partial charge in [-0.2, -0.15) is 0 Å². The molecular formula is C32H39N3O8. The lowest BCUT2D eigenvalue weighted by Crippen LogP contribution is -2.54. The van der Waals surface area contributed by atoms with Gasteiger partial charge in [0.2, 0.25) is 0 Å². The summed E-state index contributed by atoms with van der Waals surface area (Å²) in [6.07, 6.45) is 13.2. The molecule has 0 saturated heterocycles. The Balaban J connectivity index is 1.21. The summed E-state index contributed by atoms with van der Waals surface area (Å²) in [6, 6.07) is 3.20. The molecule has 0 spiro atoms. The van der Waals surface area contributed by atoms with Gasteiger partial charge < -0.3 is 25.5 Å². The van der Waals surface area contributed by atoms with Crippen molar-refractivity contribution in [1.29, 1.82) is 0 Å². The van der Waals surface area contributed by atoms with Gasteiger partial charge in [0, 0.05) is 17.5 Å². The highest BCUT2D eigenvalue weighted by Crippen LogP contribution is 2.67. The first-order valence-corrected chi connectivity index (χ1v) is 14.9. The van der Waals surface area contributed by atoms with E-state index in [1.165, 1.54) is 23.8 Å². The van der Waals surface area contributed by atoms with Crippen LogP contribution in [0.15, 0.2) is 41.1 Å². The Morgan fingerprint density at radius 2 is 1.95 bits per heavy atom. The molecule has 1 amide bonds. The van der Waals surface area contributed by atoms with E-state index >= 15 is 0 Å². The summed E-state index contributed by atoms with van der Waals surface area (Å²) in [7, 11) is 0. The lowest BCUT2D eigenvalue weighted by atomic mass is 9.46. The number of rotatable bonds is 8. The Kier molecular flexibility index (Phi) is 8.13. The van der Waals surface area contributed by atoms with Gasteiger partial charge in [0.05, 0.1) is 10.6 Å². The number of oxime groups is 1. The number of hydrogen-bond donors (Lipinski definition) is 4. The van der Waals surface area contributed by atoms with Gasteiger partial charge in [0.15, 0.2) is 12.6 Å². The van der Waals surface area contributed by atoms with Crippen LogP contribution in [0.4, 0.5) is 5.69 Å². The number of fused-ring (bicyclic) bond motifs is 5. The number of aliphatic hydroxyl groups excluding tert-OH is 1. The number of non-ortho nitro benzene ring substituents is 1. The van der Waals surface area contributed by atoms with Crippen LogP contribution in [0.3, 0.4) is 0 Å². The van der Waals surface area contributed by atoms with Crippen molar-refractivity contribution in [2.75, 3.05) is 6.61 Å². The molecule has 0 aromatic heterocycles. The van der Waals surface area contributed by atoms with Crippen molar-refractivity contribution in [1.82, 2.24) is 5.32 Å². The van der Waals surface area contributed by atoms with E-state index in [1.807, 2.05) is 0 Å². The van der Waals surface area contributed by atoms with Crippen molar-refractivity contribution in [2.24, 2.45) is 33.7 Å². The fourth-order valence-corrected chi connectivity index (χ4v) is 8.58. The van der Waals surface area contributed by atoms with Crippen LogP contribution in [-0.4, -0.2) is 56.1 Å². The molecule has 0 unspecified atom stereocenters. The second-order valence-electron chi connectivity index (χ2n) is 13.0. The molecule has 1 aromatic rings. The van der Waals surface area contributed by atoms with Crippen LogP contribution >= 0.6 is 0 Å². The van der Waals surface area contributed by atoms with Gasteiger partial charge in [0.25, 0.3) is 11.6 Å². The summed E-state index contributed by atoms with van der Waals surface area (Å²) in [5.41, 5.74) is 0.464. The summed E-state index contributed by atoms with van der Waals surface area (Å²) in [4.78, 5) is 39.9. The van der Waals surface area contributed by atoms with Gasteiger partial charge in [-0.1, -0.05) is 42.6 Å². The fourth-order valence-electron chi connectivity index (χ4n) is 8.58. The molecule has 0 heterocycles. The van der Waals surface area contributed by atoms with E-state index in [4.69, 9.17) is 11.3 Å². The highest BCUT2D eigenvalue weighted by atomic mass is 16.6. The van der Waals surface area contributed by atoms with E-state index in [9.17, 15) is 35.0 Å². The highest BCUT2D eigenvalue weighted by molar-refractivity contribution is 5.96. The van der Waals surface area contributed by atoms with E-state index in [0.29, 0.717) is 36.3 Å². The molecule has 11 heteroatoms. The number of carboxylic acids is 1. The number of carboxylic acid groups (broad SMARTS) is 1. The molecule has 11 nitrogen and oxygen atoms in total. The number of terminal acetylenes is 1. The average Bonchev–Trinajstić information content (AvgIpc) is 3.26. The van der Waals surface area contributed by atoms with Crippen molar-refractivity contribution in [3.05, 3.63) is 51.6 Å². The second kappa shape index (κ2) is 11.4. The third-order valence-corrected chi connectivity index (χ3v) is 11.1. The third kappa shape index (κ3) is 5.31. The zero-order valence-corrected chi connectivity index (χ0v) is 24.5. The van der Waals surface area contributed by atoms with Crippen molar-refractivity contribution in [2.45, 2.75) is 83.0 Å². The first-order valence-electron chi connectivity index (χ1n) is 14.9. The molecular weight excluding hydrogens is 554 g/mol. The van der Waals surface area contributed by atoms with Crippen LogP contribution in [-0.2, 0) is 14.4 Å². The van der Waals surface area contributed by atoms with Crippen LogP contribution in [0, 0.1) is 51.0 Å². The topological polar surface area (TPSA) is 172 Å². The third-order valence-electron chi connectivity index (χ3n) is 11.1. The molecule has 4 aliphatic rings. The predicted molar refractivity (Wildman–Crippen MR) is 156 cm³/mol. The number of nitrogens with one attached hydrogen (secondary N) is 1. The maximum absolute atomic E-state index is 12.5. The van der Waals surface area contributed by atoms with Crippen molar-refractivity contribution < 1.29 is 34.7 Å². The zero-order chi connectivity index (χ0) is 31.2. The van der Waals surface area contributed by atoms with Crippen LogP contribution in [0.25, 0.3) is 0 Å². The number of aliphatic carboxylic acids is 1. The number of aliphatic hydroxyl groups is 2. The smallest absolute Gasteiger partial charge is 0.329 e. The van der Waals surface area contributed by atoms with Crippen molar-refractivity contribution >= 4 is 23.3 Å². The summed E-state index contributed by atoms with van der Waals surface area (Å²) in [6.45, 7) is 3.96. The molecule has 0 aliphatic heterocycles. The Morgan fingerprint density at radius 1 is 1.21 bits per heavy atom. The minimum atomic E-state index is -1.74. The highest BCUT2D eigenvalue weighted by Gasteiger charge is 2.63. The molecule has 3 saturated carbocycles. The van der Waals surface area contributed by atoms with Crippen molar-refractivity contribution in [3.63, 3.8) is 0 Å². The number of hydrogen-bond acceptors (Lipinski definition) is 8. The van der Waals surface area contributed by atoms with Crippen LogP contribution < -0.4 is 5.32 Å². The molecule has 230 valence electrons. The zero-order valence-electron chi connectivity index (χ0n) is 24.5. The number of carbonyl (C=O) groups is 2. The number of benzene rings is 1. The molecule has 0 radical (unpaired) electrons. The maximum atomic E-state index is 12.5. The number of allylic oxidation sites excluding steroid dienone is 2.